The zero-order valence-corrected chi connectivity index (χ0v) is 6.13. The second-order valence-electron chi connectivity index (χ2n) is 2.30. The van der Waals surface area contributed by atoms with E-state index in [1.165, 1.54) is 0 Å². The van der Waals surface area contributed by atoms with E-state index in [1.54, 1.807) is 0 Å². The van der Waals surface area contributed by atoms with Crippen molar-refractivity contribution in [3.05, 3.63) is 12.7 Å². The SMILES string of the molecule is C=C[C@@H](C)[C@H](C=O)CC. The van der Waals surface area contributed by atoms with Crippen LogP contribution in [0.1, 0.15) is 20.3 Å². The number of hydrogen-bond donors (Lipinski definition) is 0. The molecule has 0 aromatic rings. The molecular weight excluding hydrogens is 112 g/mol. The van der Waals surface area contributed by atoms with Crippen molar-refractivity contribution in [1.82, 2.24) is 0 Å². The van der Waals surface area contributed by atoms with E-state index >= 15 is 0 Å². The first-order valence-corrected chi connectivity index (χ1v) is 3.34. The van der Waals surface area contributed by atoms with E-state index in [1.807, 2.05) is 19.9 Å². The van der Waals surface area contributed by atoms with E-state index in [-0.39, 0.29) is 5.92 Å². The van der Waals surface area contributed by atoms with Gasteiger partial charge in [-0.3, -0.25) is 0 Å². The normalized spacial score (nSPS) is 16.2. The van der Waals surface area contributed by atoms with Crippen LogP contribution in [0.25, 0.3) is 0 Å². The highest BCUT2D eigenvalue weighted by molar-refractivity contribution is 5.54. The molecule has 0 rings (SSSR count). The summed E-state index contributed by atoms with van der Waals surface area (Å²) in [6.45, 7) is 7.64. The van der Waals surface area contributed by atoms with Crippen molar-refractivity contribution in [2.45, 2.75) is 20.3 Å². The second-order valence-corrected chi connectivity index (χ2v) is 2.30. The molecule has 1 nitrogen and oxygen atoms in total. The number of aldehydes is 1. The standard InChI is InChI=1S/C8H14O/c1-4-7(3)8(5-2)6-9/h4,6-8H,1,5H2,2-3H3/t7-,8+/m1/s1. The Morgan fingerprint density at radius 2 is 2.22 bits per heavy atom. The molecule has 9 heavy (non-hydrogen) atoms. The average molecular weight is 126 g/mol. The van der Waals surface area contributed by atoms with E-state index in [9.17, 15) is 4.79 Å². The van der Waals surface area contributed by atoms with Crippen molar-refractivity contribution >= 4 is 6.29 Å². The van der Waals surface area contributed by atoms with Crippen LogP contribution in [0.5, 0.6) is 0 Å². The Labute approximate surface area is 56.8 Å². The summed E-state index contributed by atoms with van der Waals surface area (Å²) in [6.07, 6.45) is 3.74. The first-order chi connectivity index (χ1) is 4.26. The third-order valence-electron chi connectivity index (χ3n) is 1.69. The maximum atomic E-state index is 10.3. The Kier molecular flexibility index (Phi) is 4.02. The highest BCUT2D eigenvalue weighted by atomic mass is 16.1. The maximum absolute atomic E-state index is 10.3. The first kappa shape index (κ1) is 8.41. The molecule has 2 atom stereocenters. The van der Waals surface area contributed by atoms with Crippen LogP contribution in [-0.2, 0) is 4.79 Å². The monoisotopic (exact) mass is 126 g/mol. The lowest BCUT2D eigenvalue weighted by atomic mass is 9.93. The lowest BCUT2D eigenvalue weighted by Crippen LogP contribution is -2.08. The van der Waals surface area contributed by atoms with Gasteiger partial charge >= 0.3 is 0 Å². The van der Waals surface area contributed by atoms with E-state index in [4.69, 9.17) is 0 Å². The smallest absolute Gasteiger partial charge is 0.123 e. The van der Waals surface area contributed by atoms with Crippen LogP contribution < -0.4 is 0 Å². The van der Waals surface area contributed by atoms with Gasteiger partial charge in [-0.1, -0.05) is 19.9 Å². The lowest BCUT2D eigenvalue weighted by molar-refractivity contribution is -0.112. The average Bonchev–Trinajstić information content (AvgIpc) is 1.90. The fourth-order valence-corrected chi connectivity index (χ4v) is 0.767. The van der Waals surface area contributed by atoms with Gasteiger partial charge in [0, 0.05) is 5.92 Å². The highest BCUT2D eigenvalue weighted by Crippen LogP contribution is 2.12. The molecule has 0 aliphatic carbocycles. The van der Waals surface area contributed by atoms with Gasteiger partial charge in [0.2, 0.25) is 0 Å². The molecule has 0 unspecified atom stereocenters. The van der Waals surface area contributed by atoms with Crippen molar-refractivity contribution in [1.29, 1.82) is 0 Å². The minimum atomic E-state index is 0.169. The number of allylic oxidation sites excluding steroid dienone is 1. The van der Waals surface area contributed by atoms with Gasteiger partial charge in [-0.2, -0.15) is 0 Å². The predicted molar refractivity (Wildman–Crippen MR) is 39.2 cm³/mol. The van der Waals surface area contributed by atoms with Gasteiger partial charge < -0.3 is 4.79 Å². The van der Waals surface area contributed by atoms with Crippen LogP contribution in [0, 0.1) is 11.8 Å². The summed E-state index contributed by atoms with van der Waals surface area (Å²) in [7, 11) is 0. The van der Waals surface area contributed by atoms with Gasteiger partial charge in [0.05, 0.1) is 0 Å². The molecule has 0 aromatic carbocycles. The van der Waals surface area contributed by atoms with E-state index < -0.39 is 0 Å². The minimum absolute atomic E-state index is 0.169. The summed E-state index contributed by atoms with van der Waals surface area (Å²) in [5.41, 5.74) is 0. The molecule has 0 saturated heterocycles. The Bertz CT molecular complexity index is 96.7. The number of rotatable bonds is 4. The summed E-state index contributed by atoms with van der Waals surface area (Å²) < 4.78 is 0. The molecule has 0 aliphatic rings. The maximum Gasteiger partial charge on any atom is 0.123 e. The molecule has 0 radical (unpaired) electrons. The van der Waals surface area contributed by atoms with Crippen LogP contribution in [0.3, 0.4) is 0 Å². The zero-order chi connectivity index (χ0) is 7.28. The summed E-state index contributed by atoms with van der Waals surface area (Å²) >= 11 is 0. The van der Waals surface area contributed by atoms with Crippen LogP contribution in [-0.4, -0.2) is 6.29 Å². The molecule has 0 fully saturated rings. The van der Waals surface area contributed by atoms with Gasteiger partial charge in [0.15, 0.2) is 0 Å². The fraction of sp³-hybridized carbons (Fsp3) is 0.625. The lowest BCUT2D eigenvalue weighted by Gasteiger charge is -2.10. The van der Waals surface area contributed by atoms with Gasteiger partial charge in [-0.25, -0.2) is 0 Å². The Morgan fingerprint density at radius 1 is 1.67 bits per heavy atom. The summed E-state index contributed by atoms with van der Waals surface area (Å²) in [6, 6.07) is 0. The highest BCUT2D eigenvalue weighted by Gasteiger charge is 2.09. The number of carbonyl (C=O) groups excluding carboxylic acids is 1. The molecule has 0 aromatic heterocycles. The van der Waals surface area contributed by atoms with Crippen molar-refractivity contribution < 1.29 is 4.79 Å². The van der Waals surface area contributed by atoms with E-state index in [2.05, 4.69) is 6.58 Å². The molecule has 1 heteroatoms. The molecule has 0 saturated carbocycles. The van der Waals surface area contributed by atoms with Crippen molar-refractivity contribution in [2.24, 2.45) is 11.8 Å². The van der Waals surface area contributed by atoms with Gasteiger partial charge in [0.1, 0.15) is 6.29 Å². The fourth-order valence-electron chi connectivity index (χ4n) is 0.767. The third-order valence-corrected chi connectivity index (χ3v) is 1.69. The molecule has 0 aliphatic heterocycles. The molecular formula is C8H14O. The summed E-state index contributed by atoms with van der Waals surface area (Å²) in [5.74, 6) is 0.495. The van der Waals surface area contributed by atoms with Crippen molar-refractivity contribution in [3.8, 4) is 0 Å². The van der Waals surface area contributed by atoms with Crippen LogP contribution in [0.4, 0.5) is 0 Å². The third kappa shape index (κ3) is 2.45. The predicted octanol–water partition coefficient (Wildman–Crippen LogP) is 2.03. The quantitative estimate of drug-likeness (QED) is 0.416. The molecule has 52 valence electrons. The van der Waals surface area contributed by atoms with Crippen LogP contribution >= 0.6 is 0 Å². The molecule has 0 heterocycles. The first-order valence-electron chi connectivity index (χ1n) is 3.34. The van der Waals surface area contributed by atoms with Crippen molar-refractivity contribution in [2.75, 3.05) is 0 Å². The Balaban J connectivity index is 3.77. The molecule has 0 bridgehead atoms. The van der Waals surface area contributed by atoms with Gasteiger partial charge in [-0.05, 0) is 12.3 Å². The van der Waals surface area contributed by atoms with Gasteiger partial charge in [-0.15, -0.1) is 6.58 Å². The van der Waals surface area contributed by atoms with Crippen molar-refractivity contribution in [3.63, 3.8) is 0 Å². The van der Waals surface area contributed by atoms with Gasteiger partial charge in [0.25, 0.3) is 0 Å². The topological polar surface area (TPSA) is 17.1 Å². The van der Waals surface area contributed by atoms with E-state index in [0.717, 1.165) is 12.7 Å². The Hall–Kier alpha value is -0.590. The Morgan fingerprint density at radius 3 is 2.33 bits per heavy atom. The second kappa shape index (κ2) is 4.30. The zero-order valence-electron chi connectivity index (χ0n) is 6.13. The minimum Gasteiger partial charge on any atom is -0.303 e. The van der Waals surface area contributed by atoms with E-state index in [0.29, 0.717) is 5.92 Å². The molecule has 0 N–H and O–H groups in total. The van der Waals surface area contributed by atoms with Crippen LogP contribution in [0.2, 0.25) is 0 Å². The summed E-state index contributed by atoms with van der Waals surface area (Å²) in [5, 5.41) is 0. The number of carbonyl (C=O) groups is 1. The molecule has 0 amide bonds. The number of hydrogen-bond acceptors (Lipinski definition) is 1. The molecule has 0 spiro atoms. The van der Waals surface area contributed by atoms with Crippen LogP contribution in [0.15, 0.2) is 12.7 Å². The summed E-state index contributed by atoms with van der Waals surface area (Å²) in [4.78, 5) is 10.3. The largest absolute Gasteiger partial charge is 0.303 e.